The van der Waals surface area contributed by atoms with Crippen molar-refractivity contribution in [3.8, 4) is 0 Å². The number of carboxylic acid groups (broad SMARTS) is 1. The summed E-state index contributed by atoms with van der Waals surface area (Å²) >= 11 is 0. The maximum Gasteiger partial charge on any atom is 0.407 e. The zero-order valence-corrected chi connectivity index (χ0v) is 10.4. The second kappa shape index (κ2) is 3.91. The topological polar surface area (TPSA) is 52.6 Å². The van der Waals surface area contributed by atoms with Gasteiger partial charge in [-0.05, 0) is 24.2 Å². The second-order valence-corrected chi connectivity index (χ2v) is 6.13. The number of nitrogens with zero attached hydrogens (tertiary/aromatic N) is 1. The Hall–Kier alpha value is -0.770. The van der Waals surface area contributed by atoms with Crippen LogP contribution in [0.5, 0.6) is 0 Å². The molecule has 3 unspecified atom stereocenters. The van der Waals surface area contributed by atoms with Crippen LogP contribution in [0.4, 0.5) is 4.79 Å². The van der Waals surface area contributed by atoms with Crippen molar-refractivity contribution in [1.29, 1.82) is 0 Å². The third-order valence-electron chi connectivity index (χ3n) is 4.03. The van der Waals surface area contributed by atoms with E-state index in [-0.39, 0.29) is 17.5 Å². The van der Waals surface area contributed by atoms with E-state index in [0.717, 1.165) is 25.9 Å². The molecule has 0 aromatic carbocycles. The molecule has 0 aromatic rings. The molecule has 0 aliphatic carbocycles. The SMILES string of the molecule is CC(C)(C)C1CCC2CNCC2N1C(=O)O. The van der Waals surface area contributed by atoms with E-state index in [1.165, 1.54) is 0 Å². The lowest BCUT2D eigenvalue weighted by Crippen LogP contribution is -2.57. The Morgan fingerprint density at radius 3 is 2.56 bits per heavy atom. The number of nitrogens with one attached hydrogen (secondary N) is 1. The summed E-state index contributed by atoms with van der Waals surface area (Å²) in [6, 6.07) is 0.349. The molecule has 92 valence electrons. The van der Waals surface area contributed by atoms with Gasteiger partial charge in [0.25, 0.3) is 0 Å². The molecule has 2 saturated heterocycles. The zero-order chi connectivity index (χ0) is 11.9. The fourth-order valence-corrected chi connectivity index (χ4v) is 3.21. The minimum absolute atomic E-state index is 0.0337. The van der Waals surface area contributed by atoms with Gasteiger partial charge in [-0.1, -0.05) is 20.8 Å². The fourth-order valence-electron chi connectivity index (χ4n) is 3.21. The summed E-state index contributed by atoms with van der Waals surface area (Å²) in [5.74, 6) is 0.523. The van der Waals surface area contributed by atoms with Crippen molar-refractivity contribution in [2.24, 2.45) is 11.3 Å². The minimum Gasteiger partial charge on any atom is -0.465 e. The number of likely N-dealkylation sites (tertiary alicyclic amines) is 1. The quantitative estimate of drug-likeness (QED) is 0.662. The predicted octanol–water partition coefficient (Wildman–Crippen LogP) is 1.76. The van der Waals surface area contributed by atoms with Crippen molar-refractivity contribution in [1.82, 2.24) is 10.2 Å². The molecular weight excluding hydrogens is 204 g/mol. The van der Waals surface area contributed by atoms with Gasteiger partial charge in [-0.2, -0.15) is 0 Å². The second-order valence-electron chi connectivity index (χ2n) is 6.13. The van der Waals surface area contributed by atoms with Crippen LogP contribution in [0.1, 0.15) is 33.6 Å². The molecule has 2 fully saturated rings. The van der Waals surface area contributed by atoms with E-state index in [1.54, 1.807) is 4.90 Å². The average molecular weight is 226 g/mol. The molecule has 4 heteroatoms. The summed E-state index contributed by atoms with van der Waals surface area (Å²) in [6.45, 7) is 8.21. The first-order valence-electron chi connectivity index (χ1n) is 6.13. The van der Waals surface area contributed by atoms with Gasteiger partial charge in [0.05, 0.1) is 6.04 Å². The van der Waals surface area contributed by atoms with Gasteiger partial charge in [0, 0.05) is 19.1 Å². The van der Waals surface area contributed by atoms with Crippen molar-refractivity contribution in [3.63, 3.8) is 0 Å². The highest BCUT2D eigenvalue weighted by atomic mass is 16.4. The summed E-state index contributed by atoms with van der Waals surface area (Å²) in [7, 11) is 0. The molecule has 1 amide bonds. The molecule has 4 nitrogen and oxygen atoms in total. The highest BCUT2D eigenvalue weighted by Gasteiger charge is 2.46. The van der Waals surface area contributed by atoms with E-state index in [1.807, 2.05) is 0 Å². The number of piperidine rings is 1. The van der Waals surface area contributed by atoms with E-state index in [4.69, 9.17) is 0 Å². The lowest BCUT2D eigenvalue weighted by atomic mass is 9.76. The minimum atomic E-state index is -0.752. The standard InChI is InChI=1S/C12H22N2O2/c1-12(2,3)10-5-4-8-6-13-7-9(8)14(10)11(15)16/h8-10,13H,4-7H2,1-3H3,(H,15,16). The van der Waals surface area contributed by atoms with E-state index >= 15 is 0 Å². The molecule has 0 aromatic heterocycles. The summed E-state index contributed by atoms with van der Waals surface area (Å²) in [4.78, 5) is 13.2. The van der Waals surface area contributed by atoms with Gasteiger partial charge in [0.15, 0.2) is 0 Å². The normalized spacial score (nSPS) is 34.9. The third kappa shape index (κ3) is 1.90. The van der Waals surface area contributed by atoms with Crippen molar-refractivity contribution in [2.75, 3.05) is 13.1 Å². The van der Waals surface area contributed by atoms with Gasteiger partial charge in [-0.25, -0.2) is 4.79 Å². The molecule has 0 radical (unpaired) electrons. The Labute approximate surface area is 97.0 Å². The average Bonchev–Trinajstić information content (AvgIpc) is 2.61. The van der Waals surface area contributed by atoms with E-state index in [2.05, 4.69) is 26.1 Å². The Bertz CT molecular complexity index is 285. The molecule has 2 aliphatic heterocycles. The monoisotopic (exact) mass is 226 g/mol. The Kier molecular flexibility index (Phi) is 2.86. The first kappa shape index (κ1) is 11.7. The molecule has 2 aliphatic rings. The summed E-state index contributed by atoms with van der Waals surface area (Å²) in [5.41, 5.74) is 0.0337. The van der Waals surface area contributed by atoms with E-state index < -0.39 is 6.09 Å². The van der Waals surface area contributed by atoms with Gasteiger partial charge >= 0.3 is 6.09 Å². The van der Waals surface area contributed by atoms with E-state index in [0.29, 0.717) is 5.92 Å². The predicted molar refractivity (Wildman–Crippen MR) is 62.5 cm³/mol. The molecule has 0 spiro atoms. The van der Waals surface area contributed by atoms with Crippen LogP contribution in [0.15, 0.2) is 0 Å². The van der Waals surface area contributed by atoms with Crippen LogP contribution in [-0.4, -0.2) is 41.3 Å². The van der Waals surface area contributed by atoms with Crippen LogP contribution in [0.3, 0.4) is 0 Å². The van der Waals surface area contributed by atoms with Crippen molar-refractivity contribution in [2.45, 2.75) is 45.7 Å². The molecule has 0 saturated carbocycles. The van der Waals surface area contributed by atoms with Crippen molar-refractivity contribution < 1.29 is 9.90 Å². The molecule has 0 bridgehead atoms. The van der Waals surface area contributed by atoms with Gasteiger partial charge in [0.2, 0.25) is 0 Å². The maximum absolute atomic E-state index is 11.5. The number of hydrogen-bond acceptors (Lipinski definition) is 2. The van der Waals surface area contributed by atoms with Crippen LogP contribution in [-0.2, 0) is 0 Å². The van der Waals surface area contributed by atoms with Gasteiger partial charge in [0.1, 0.15) is 0 Å². The van der Waals surface area contributed by atoms with Gasteiger partial charge in [-0.15, -0.1) is 0 Å². The number of amides is 1. The maximum atomic E-state index is 11.5. The molecular formula is C12H22N2O2. The lowest BCUT2D eigenvalue weighted by molar-refractivity contribution is 0.0148. The van der Waals surface area contributed by atoms with Crippen LogP contribution in [0.2, 0.25) is 0 Å². The highest BCUT2D eigenvalue weighted by molar-refractivity contribution is 5.66. The van der Waals surface area contributed by atoms with Crippen LogP contribution >= 0.6 is 0 Å². The smallest absolute Gasteiger partial charge is 0.407 e. The summed E-state index contributed by atoms with van der Waals surface area (Å²) < 4.78 is 0. The lowest BCUT2D eigenvalue weighted by Gasteiger charge is -2.47. The van der Waals surface area contributed by atoms with Crippen molar-refractivity contribution in [3.05, 3.63) is 0 Å². The molecule has 3 atom stereocenters. The number of rotatable bonds is 0. The van der Waals surface area contributed by atoms with Gasteiger partial charge in [-0.3, -0.25) is 0 Å². The Balaban J connectivity index is 2.23. The largest absolute Gasteiger partial charge is 0.465 e. The summed E-state index contributed by atoms with van der Waals surface area (Å²) in [5, 5.41) is 12.7. The van der Waals surface area contributed by atoms with Crippen LogP contribution in [0.25, 0.3) is 0 Å². The fraction of sp³-hybridized carbons (Fsp3) is 0.917. The number of hydrogen-bond donors (Lipinski definition) is 2. The Morgan fingerprint density at radius 2 is 2.00 bits per heavy atom. The molecule has 2 N–H and O–H groups in total. The number of fused-ring (bicyclic) bond motifs is 1. The molecule has 2 rings (SSSR count). The first-order valence-corrected chi connectivity index (χ1v) is 6.13. The first-order chi connectivity index (χ1) is 7.41. The number of carbonyl (C=O) groups is 1. The Morgan fingerprint density at radius 1 is 1.31 bits per heavy atom. The third-order valence-corrected chi connectivity index (χ3v) is 4.03. The zero-order valence-electron chi connectivity index (χ0n) is 10.4. The van der Waals surface area contributed by atoms with Crippen LogP contribution in [0, 0.1) is 11.3 Å². The summed E-state index contributed by atoms with van der Waals surface area (Å²) in [6.07, 6.45) is 1.40. The highest BCUT2D eigenvalue weighted by Crippen LogP contribution is 2.38. The molecule has 16 heavy (non-hydrogen) atoms. The van der Waals surface area contributed by atoms with Crippen LogP contribution < -0.4 is 5.32 Å². The van der Waals surface area contributed by atoms with Gasteiger partial charge < -0.3 is 15.3 Å². The molecule has 2 heterocycles. The van der Waals surface area contributed by atoms with Crippen molar-refractivity contribution >= 4 is 6.09 Å². The van der Waals surface area contributed by atoms with E-state index in [9.17, 15) is 9.90 Å².